The van der Waals surface area contributed by atoms with Crippen LogP contribution in [0.5, 0.6) is 0 Å². The number of hydrogen-bond donors (Lipinski definition) is 2. The summed E-state index contributed by atoms with van der Waals surface area (Å²) in [6.07, 6.45) is 0. The number of rotatable bonds is 4. The molecule has 103 valence electrons. The van der Waals surface area contributed by atoms with Gasteiger partial charge in [0.15, 0.2) is 0 Å². The summed E-state index contributed by atoms with van der Waals surface area (Å²) in [6.45, 7) is 12.8. The molecular weight excluding hydrogens is 329 g/mol. The molecule has 0 amide bonds. The minimum atomic E-state index is -2.24. The van der Waals surface area contributed by atoms with E-state index in [4.69, 9.17) is 40.4 Å². The van der Waals surface area contributed by atoms with E-state index in [-0.39, 0.29) is 0 Å². The molecule has 0 saturated heterocycles. The first-order valence-corrected chi connectivity index (χ1v) is 9.88. The molecule has 0 fully saturated rings. The SMILES string of the molecule is CCNCC.CCNCC.[Cl][Cu]([Cl])([Cl])[Cl]. The fourth-order valence-electron chi connectivity index (χ4n) is 0.500. The third kappa shape index (κ3) is 92.0. The Labute approximate surface area is 114 Å². The Bertz CT molecular complexity index is 85.1. The zero-order valence-corrected chi connectivity index (χ0v) is 13.6. The van der Waals surface area contributed by atoms with Crippen LogP contribution in [-0.2, 0) is 9.20 Å². The second kappa shape index (κ2) is 18.0. The molecule has 0 aromatic carbocycles. The van der Waals surface area contributed by atoms with Crippen molar-refractivity contribution in [1.29, 1.82) is 0 Å². The van der Waals surface area contributed by atoms with Gasteiger partial charge in [0.2, 0.25) is 0 Å². The van der Waals surface area contributed by atoms with E-state index in [9.17, 15) is 0 Å². The Hall–Kier alpha value is 1.60. The number of halogens is 4. The van der Waals surface area contributed by atoms with Gasteiger partial charge in [-0.2, -0.15) is 0 Å². The average Bonchev–Trinajstić information content (AvgIpc) is 2.05. The van der Waals surface area contributed by atoms with Crippen LogP contribution < -0.4 is 10.6 Å². The predicted molar refractivity (Wildman–Crippen MR) is 71.8 cm³/mol. The van der Waals surface area contributed by atoms with Gasteiger partial charge in [-0.1, -0.05) is 27.7 Å². The molecule has 0 aliphatic rings. The van der Waals surface area contributed by atoms with E-state index in [2.05, 4.69) is 38.3 Å². The fourth-order valence-corrected chi connectivity index (χ4v) is 0.500. The summed E-state index contributed by atoms with van der Waals surface area (Å²) >= 11 is 0. The normalized spacial score (nSPS) is 10.7. The quantitative estimate of drug-likeness (QED) is 0.749. The van der Waals surface area contributed by atoms with Crippen LogP contribution in [0.1, 0.15) is 27.7 Å². The van der Waals surface area contributed by atoms with E-state index in [0.29, 0.717) is 0 Å². The molecule has 15 heavy (non-hydrogen) atoms. The van der Waals surface area contributed by atoms with Gasteiger partial charge in [0.25, 0.3) is 0 Å². The van der Waals surface area contributed by atoms with E-state index < -0.39 is 9.20 Å². The van der Waals surface area contributed by atoms with Crippen LogP contribution in [0, 0.1) is 0 Å². The van der Waals surface area contributed by atoms with Crippen molar-refractivity contribution in [2.24, 2.45) is 0 Å². The maximum absolute atomic E-state index is 4.90. The molecule has 0 atom stereocenters. The van der Waals surface area contributed by atoms with E-state index in [0.717, 1.165) is 26.2 Å². The van der Waals surface area contributed by atoms with Crippen LogP contribution >= 0.6 is 40.4 Å². The maximum atomic E-state index is 4.90. The fraction of sp³-hybridized carbons (Fsp3) is 1.00. The third-order valence-corrected chi connectivity index (χ3v) is 1.000. The molecule has 0 aromatic heterocycles. The Morgan fingerprint density at radius 3 is 0.800 bits per heavy atom. The zero-order chi connectivity index (χ0) is 12.7. The van der Waals surface area contributed by atoms with Gasteiger partial charge in [-0.15, -0.1) is 0 Å². The summed E-state index contributed by atoms with van der Waals surface area (Å²) in [5.74, 6) is 0. The van der Waals surface area contributed by atoms with Gasteiger partial charge < -0.3 is 10.6 Å². The van der Waals surface area contributed by atoms with E-state index >= 15 is 0 Å². The summed E-state index contributed by atoms with van der Waals surface area (Å²) in [6, 6.07) is 0. The van der Waals surface area contributed by atoms with Crippen molar-refractivity contribution in [1.82, 2.24) is 10.6 Å². The van der Waals surface area contributed by atoms with Crippen LogP contribution in [0.2, 0.25) is 0 Å². The number of hydrogen-bond acceptors (Lipinski definition) is 2. The molecule has 2 nitrogen and oxygen atoms in total. The molecule has 0 aliphatic heterocycles. The van der Waals surface area contributed by atoms with Crippen LogP contribution in [0.4, 0.5) is 0 Å². The van der Waals surface area contributed by atoms with Gasteiger partial charge in [-0.3, -0.25) is 0 Å². The van der Waals surface area contributed by atoms with Gasteiger partial charge in [-0.05, 0) is 26.2 Å². The Morgan fingerprint density at radius 1 is 0.667 bits per heavy atom. The summed E-state index contributed by atoms with van der Waals surface area (Å²) in [5.41, 5.74) is 0. The van der Waals surface area contributed by atoms with Crippen LogP contribution in [0.15, 0.2) is 0 Å². The predicted octanol–water partition coefficient (Wildman–Crippen LogP) is 3.99. The van der Waals surface area contributed by atoms with Crippen LogP contribution in [0.3, 0.4) is 0 Å². The standard InChI is InChI=1S/2C4H11N.4ClH.Cu/c2*1-3-5-4-2;;;;;/h2*5H,3-4H2,1-2H3;4*1H;/q;;;;;;+4/p-4. The molecule has 0 rings (SSSR count). The van der Waals surface area contributed by atoms with Crippen molar-refractivity contribution in [3.05, 3.63) is 0 Å². The monoisotopic (exact) mass is 349 g/mol. The van der Waals surface area contributed by atoms with Gasteiger partial charge in [0.05, 0.1) is 0 Å². The van der Waals surface area contributed by atoms with Gasteiger partial charge >= 0.3 is 49.6 Å². The van der Waals surface area contributed by atoms with Crippen molar-refractivity contribution in [3.8, 4) is 0 Å². The first-order valence-electron chi connectivity index (χ1n) is 4.70. The topological polar surface area (TPSA) is 24.1 Å². The van der Waals surface area contributed by atoms with Gasteiger partial charge in [-0.25, -0.2) is 0 Å². The Balaban J connectivity index is -0.000000144. The molecule has 0 spiro atoms. The second-order valence-corrected chi connectivity index (χ2v) is 11.5. The van der Waals surface area contributed by atoms with Crippen molar-refractivity contribution < 1.29 is 9.20 Å². The first-order chi connectivity index (χ1) is 6.83. The molecule has 0 saturated carbocycles. The third-order valence-electron chi connectivity index (χ3n) is 1.000. The van der Waals surface area contributed by atoms with Crippen molar-refractivity contribution >= 4 is 40.4 Å². The molecule has 2 N–H and O–H groups in total. The molecule has 0 unspecified atom stereocenters. The summed E-state index contributed by atoms with van der Waals surface area (Å²) in [4.78, 5) is 0. The summed E-state index contributed by atoms with van der Waals surface area (Å²) in [5, 5.41) is 6.22. The van der Waals surface area contributed by atoms with Crippen molar-refractivity contribution in [2.45, 2.75) is 27.7 Å². The Kier molecular flexibility index (Phi) is 26.2. The van der Waals surface area contributed by atoms with E-state index in [1.165, 1.54) is 0 Å². The number of nitrogens with one attached hydrogen (secondary N) is 2. The Morgan fingerprint density at radius 2 is 0.800 bits per heavy atom. The zero-order valence-electron chi connectivity index (χ0n) is 9.64. The van der Waals surface area contributed by atoms with Crippen LogP contribution in [0.25, 0.3) is 0 Å². The summed E-state index contributed by atoms with van der Waals surface area (Å²) < 4.78 is 0. The van der Waals surface area contributed by atoms with Gasteiger partial charge in [0.1, 0.15) is 0 Å². The van der Waals surface area contributed by atoms with Gasteiger partial charge in [0, 0.05) is 0 Å². The van der Waals surface area contributed by atoms with Crippen LogP contribution in [-0.4, -0.2) is 26.2 Å². The molecule has 0 aromatic rings. The van der Waals surface area contributed by atoms with Crippen molar-refractivity contribution in [2.75, 3.05) is 26.2 Å². The van der Waals surface area contributed by atoms with Crippen molar-refractivity contribution in [3.63, 3.8) is 0 Å². The van der Waals surface area contributed by atoms with E-state index in [1.807, 2.05) is 0 Å². The average molecular weight is 352 g/mol. The minimum absolute atomic E-state index is 1.09. The summed E-state index contributed by atoms with van der Waals surface area (Å²) in [7, 11) is 17.4. The molecule has 0 aliphatic carbocycles. The molecule has 0 heterocycles. The molecular formula is C8H22Cl4CuN2. The molecule has 7 heteroatoms. The van der Waals surface area contributed by atoms with E-state index in [1.54, 1.807) is 0 Å². The molecule has 0 radical (unpaired) electrons. The second-order valence-electron chi connectivity index (χ2n) is 2.17. The molecule has 0 bridgehead atoms. The first kappa shape index (κ1) is 21.8.